The summed E-state index contributed by atoms with van der Waals surface area (Å²) in [4.78, 5) is 13.8. The van der Waals surface area contributed by atoms with Crippen molar-refractivity contribution in [3.8, 4) is 11.5 Å². The number of aromatic hydroxyl groups is 1. The topological polar surface area (TPSA) is 59.0 Å². The first-order valence-electron chi connectivity index (χ1n) is 18.4. The van der Waals surface area contributed by atoms with Crippen LogP contribution in [0.25, 0.3) is 0 Å². The van der Waals surface area contributed by atoms with Crippen LogP contribution in [-0.2, 0) is 35.8 Å². The van der Waals surface area contributed by atoms with Gasteiger partial charge in [0.25, 0.3) is 0 Å². The summed E-state index contributed by atoms with van der Waals surface area (Å²) in [5.41, 5.74) is 10.5. The van der Waals surface area contributed by atoms with Gasteiger partial charge in [0.2, 0.25) is 0 Å². The molecule has 0 aromatic heterocycles. The SMILES string of the molecule is CN1CC(COc2c(Cc3ccccc3)cc(C(C)(C)c3cc(Cc4ccccc4)c(O)c(Cc4ccccc4)c3)cc2Cc2ccccc2)OC1=O. The van der Waals surface area contributed by atoms with Gasteiger partial charge in [0.05, 0.1) is 6.54 Å². The lowest BCUT2D eigenvalue weighted by Crippen LogP contribution is -2.24. The number of nitrogens with zero attached hydrogens (tertiary/aromatic N) is 1. The second-order valence-corrected chi connectivity index (χ2v) is 14.7. The molecule has 1 unspecified atom stereocenters. The lowest BCUT2D eigenvalue weighted by molar-refractivity contribution is 0.102. The Bertz CT molecular complexity index is 2020. The molecule has 1 amide bonds. The van der Waals surface area contributed by atoms with Crippen LogP contribution < -0.4 is 4.74 Å². The molecule has 0 radical (unpaired) electrons. The average Bonchev–Trinajstić information content (AvgIpc) is 3.50. The molecule has 5 heteroatoms. The van der Waals surface area contributed by atoms with Gasteiger partial charge in [0.15, 0.2) is 6.10 Å². The first-order chi connectivity index (χ1) is 25.7. The van der Waals surface area contributed by atoms with Crippen molar-refractivity contribution in [1.29, 1.82) is 0 Å². The molecule has 1 atom stereocenters. The number of likely N-dealkylation sites (N-methyl/N-ethyl adjacent to an activating group) is 1. The van der Waals surface area contributed by atoms with E-state index in [4.69, 9.17) is 9.47 Å². The predicted molar refractivity (Wildman–Crippen MR) is 212 cm³/mol. The number of hydrogen-bond donors (Lipinski definition) is 1. The fourth-order valence-corrected chi connectivity index (χ4v) is 7.30. The molecular formula is C48H47NO4. The smallest absolute Gasteiger partial charge is 0.410 e. The molecule has 0 spiro atoms. The third-order valence-electron chi connectivity index (χ3n) is 10.4. The molecule has 1 aliphatic heterocycles. The van der Waals surface area contributed by atoms with E-state index in [1.54, 1.807) is 11.9 Å². The van der Waals surface area contributed by atoms with Gasteiger partial charge in [-0.3, -0.25) is 0 Å². The summed E-state index contributed by atoms with van der Waals surface area (Å²) in [6, 6.07) is 50.6. The van der Waals surface area contributed by atoms with Crippen molar-refractivity contribution in [2.75, 3.05) is 20.2 Å². The van der Waals surface area contributed by atoms with Gasteiger partial charge in [-0.1, -0.05) is 159 Å². The third kappa shape index (κ3) is 8.47. The largest absolute Gasteiger partial charge is 0.507 e. The van der Waals surface area contributed by atoms with E-state index >= 15 is 0 Å². The Morgan fingerprint density at radius 1 is 0.623 bits per heavy atom. The van der Waals surface area contributed by atoms with Crippen molar-refractivity contribution in [2.45, 2.75) is 51.0 Å². The minimum atomic E-state index is -0.441. The van der Waals surface area contributed by atoms with Gasteiger partial charge in [-0.05, 0) is 55.6 Å². The zero-order valence-corrected chi connectivity index (χ0v) is 30.8. The van der Waals surface area contributed by atoms with E-state index in [0.717, 1.165) is 50.3 Å². The maximum absolute atomic E-state index is 12.2. The third-order valence-corrected chi connectivity index (χ3v) is 10.4. The Balaban J connectivity index is 1.35. The second-order valence-electron chi connectivity index (χ2n) is 14.7. The van der Waals surface area contributed by atoms with Gasteiger partial charge >= 0.3 is 6.09 Å². The number of ether oxygens (including phenoxy) is 2. The Kier molecular flexibility index (Phi) is 10.6. The highest BCUT2D eigenvalue weighted by atomic mass is 16.6. The van der Waals surface area contributed by atoms with Crippen molar-refractivity contribution in [3.05, 3.63) is 201 Å². The van der Waals surface area contributed by atoms with Crippen molar-refractivity contribution in [3.63, 3.8) is 0 Å². The van der Waals surface area contributed by atoms with E-state index in [1.807, 2.05) is 48.5 Å². The molecule has 0 bridgehead atoms. The molecule has 0 aliphatic carbocycles. The number of phenols is 1. The molecular weight excluding hydrogens is 655 g/mol. The standard InChI is InChI=1S/C48H47NO4/c1-48(2,42-28-38(24-34-16-8-4-9-17-34)45(50)39(29-42)25-35-18-10-5-11-19-35)43-30-40(26-36-20-12-6-13-21-36)46(52-33-44-32-49(3)47(51)53-44)41(31-43)27-37-22-14-7-15-23-37/h4-23,28-31,44,50H,24-27,32-33H2,1-3H3. The number of carbonyl (C=O) groups excluding carboxylic acids is 1. The maximum atomic E-state index is 12.2. The Labute approximate surface area is 313 Å². The van der Waals surface area contributed by atoms with Crippen LogP contribution in [0.1, 0.15) is 69.5 Å². The van der Waals surface area contributed by atoms with Crippen LogP contribution in [0.3, 0.4) is 0 Å². The molecule has 0 saturated carbocycles. The monoisotopic (exact) mass is 701 g/mol. The summed E-state index contributed by atoms with van der Waals surface area (Å²) in [5.74, 6) is 1.19. The van der Waals surface area contributed by atoms with Crippen LogP contribution in [0.15, 0.2) is 146 Å². The van der Waals surface area contributed by atoms with Gasteiger partial charge in [-0.2, -0.15) is 0 Å². The number of phenolic OH excluding ortho intramolecular Hbond substituents is 1. The van der Waals surface area contributed by atoms with Gasteiger partial charge in [-0.25, -0.2) is 4.79 Å². The number of amides is 1. The molecule has 6 aromatic carbocycles. The van der Waals surface area contributed by atoms with Crippen molar-refractivity contribution < 1.29 is 19.4 Å². The van der Waals surface area contributed by atoms with E-state index in [2.05, 4.69) is 111 Å². The van der Waals surface area contributed by atoms with E-state index in [1.165, 1.54) is 11.1 Å². The molecule has 1 fully saturated rings. The Morgan fingerprint density at radius 2 is 0.981 bits per heavy atom. The van der Waals surface area contributed by atoms with Crippen LogP contribution in [0.4, 0.5) is 4.79 Å². The predicted octanol–water partition coefficient (Wildman–Crippen LogP) is 9.91. The zero-order chi connectivity index (χ0) is 36.8. The van der Waals surface area contributed by atoms with Crippen LogP contribution in [-0.4, -0.2) is 42.4 Å². The van der Waals surface area contributed by atoms with Crippen LogP contribution in [0, 0.1) is 0 Å². The summed E-state index contributed by atoms with van der Waals surface area (Å²) in [7, 11) is 1.75. The molecule has 268 valence electrons. The molecule has 6 aromatic rings. The molecule has 1 heterocycles. The first-order valence-corrected chi connectivity index (χ1v) is 18.4. The lowest BCUT2D eigenvalue weighted by Gasteiger charge is -2.30. The molecule has 1 saturated heterocycles. The summed E-state index contributed by atoms with van der Waals surface area (Å²) < 4.78 is 12.3. The molecule has 1 aliphatic rings. The van der Waals surface area contributed by atoms with Gasteiger partial charge in [0.1, 0.15) is 18.1 Å². The van der Waals surface area contributed by atoms with Crippen molar-refractivity contribution in [1.82, 2.24) is 4.90 Å². The number of carbonyl (C=O) groups is 1. The first kappa shape index (κ1) is 35.6. The highest BCUT2D eigenvalue weighted by molar-refractivity contribution is 5.69. The minimum absolute atomic E-state index is 0.270. The molecule has 5 nitrogen and oxygen atoms in total. The van der Waals surface area contributed by atoms with Crippen LogP contribution >= 0.6 is 0 Å². The summed E-state index contributed by atoms with van der Waals surface area (Å²) in [5, 5.41) is 11.8. The summed E-state index contributed by atoms with van der Waals surface area (Å²) in [6.45, 7) is 5.32. The highest BCUT2D eigenvalue weighted by Crippen LogP contribution is 2.41. The van der Waals surface area contributed by atoms with Gasteiger partial charge in [-0.15, -0.1) is 0 Å². The van der Waals surface area contributed by atoms with E-state index in [-0.39, 0.29) is 18.8 Å². The fourth-order valence-electron chi connectivity index (χ4n) is 7.30. The van der Waals surface area contributed by atoms with E-state index < -0.39 is 5.41 Å². The average molecular weight is 702 g/mol. The molecule has 53 heavy (non-hydrogen) atoms. The lowest BCUT2D eigenvalue weighted by atomic mass is 9.74. The number of hydrogen-bond acceptors (Lipinski definition) is 4. The normalized spacial score (nSPS) is 14.3. The maximum Gasteiger partial charge on any atom is 0.410 e. The molecule has 7 rings (SSSR count). The van der Waals surface area contributed by atoms with Gasteiger partial charge < -0.3 is 19.5 Å². The van der Waals surface area contributed by atoms with E-state index in [9.17, 15) is 9.90 Å². The van der Waals surface area contributed by atoms with Crippen molar-refractivity contribution in [2.24, 2.45) is 0 Å². The quantitative estimate of drug-likeness (QED) is 0.130. The Hall–Kier alpha value is -5.81. The van der Waals surface area contributed by atoms with Gasteiger partial charge in [0, 0.05) is 38.1 Å². The summed E-state index contributed by atoms with van der Waals surface area (Å²) >= 11 is 0. The number of rotatable bonds is 13. The fraction of sp³-hybridized carbons (Fsp3) is 0.229. The van der Waals surface area contributed by atoms with Crippen LogP contribution in [0.2, 0.25) is 0 Å². The minimum Gasteiger partial charge on any atom is -0.507 e. The van der Waals surface area contributed by atoms with E-state index in [0.29, 0.717) is 38.0 Å². The highest BCUT2D eigenvalue weighted by Gasteiger charge is 2.31. The van der Waals surface area contributed by atoms with Crippen LogP contribution in [0.5, 0.6) is 11.5 Å². The zero-order valence-electron chi connectivity index (χ0n) is 30.8. The summed E-state index contributed by atoms with van der Waals surface area (Å²) in [6.07, 6.45) is 1.95. The Morgan fingerprint density at radius 3 is 1.34 bits per heavy atom. The second kappa shape index (κ2) is 15.8. The number of cyclic esters (lactones) is 1. The number of benzene rings is 6. The molecule has 1 N–H and O–H groups in total. The van der Waals surface area contributed by atoms with Crippen molar-refractivity contribution >= 4 is 6.09 Å².